The highest BCUT2D eigenvalue weighted by Crippen LogP contribution is 2.41. The molecular formula is C25H25NO7S. The van der Waals surface area contributed by atoms with Gasteiger partial charge in [-0.2, -0.15) is 0 Å². The predicted molar refractivity (Wildman–Crippen MR) is 131 cm³/mol. The fourth-order valence-electron chi connectivity index (χ4n) is 2.97. The zero-order valence-corrected chi connectivity index (χ0v) is 20.1. The molecule has 0 saturated heterocycles. The summed E-state index contributed by atoms with van der Waals surface area (Å²) in [5, 5.41) is 11.2. The van der Waals surface area contributed by atoms with Crippen molar-refractivity contribution in [3.05, 3.63) is 69.8 Å². The summed E-state index contributed by atoms with van der Waals surface area (Å²) in [5.41, 5.74) is 2.43. The standard InChI is InChI=1S/C25H25NO7S/c1-5-32-25(29)22-23(28)20(34-24(22)26-17-9-6-15(2)7-10-17)13-16-8-11-18(19(12-16)30-3)33-14-21(27)31-4/h6-13,28H,5,14H2,1-4H3/b20-13-,26-24?. The van der Waals surface area contributed by atoms with E-state index in [1.54, 1.807) is 31.2 Å². The van der Waals surface area contributed by atoms with Gasteiger partial charge in [0.15, 0.2) is 18.1 Å². The highest BCUT2D eigenvalue weighted by Gasteiger charge is 2.33. The van der Waals surface area contributed by atoms with Gasteiger partial charge >= 0.3 is 11.9 Å². The van der Waals surface area contributed by atoms with E-state index in [4.69, 9.17) is 14.2 Å². The second-order valence-electron chi connectivity index (χ2n) is 7.08. The van der Waals surface area contributed by atoms with Gasteiger partial charge in [0.1, 0.15) is 16.4 Å². The van der Waals surface area contributed by atoms with E-state index in [0.717, 1.165) is 17.3 Å². The van der Waals surface area contributed by atoms with E-state index >= 15 is 0 Å². The van der Waals surface area contributed by atoms with Crippen molar-refractivity contribution < 1.29 is 33.6 Å². The molecule has 1 aliphatic heterocycles. The molecule has 0 radical (unpaired) electrons. The maximum Gasteiger partial charge on any atom is 0.344 e. The van der Waals surface area contributed by atoms with Crippen molar-refractivity contribution >= 4 is 40.5 Å². The number of thioether (sulfide) groups is 1. The number of ether oxygens (including phenoxy) is 4. The zero-order chi connectivity index (χ0) is 24.7. The van der Waals surface area contributed by atoms with Gasteiger partial charge in [0.05, 0.1) is 31.4 Å². The number of aliphatic imine (C=N–C) groups is 1. The third kappa shape index (κ3) is 5.99. The van der Waals surface area contributed by atoms with Crippen LogP contribution in [0.3, 0.4) is 0 Å². The molecule has 0 atom stereocenters. The number of aliphatic hydroxyl groups is 1. The van der Waals surface area contributed by atoms with E-state index in [2.05, 4.69) is 9.73 Å². The molecule has 0 unspecified atom stereocenters. The summed E-state index contributed by atoms with van der Waals surface area (Å²) >= 11 is 1.16. The van der Waals surface area contributed by atoms with Crippen molar-refractivity contribution in [2.45, 2.75) is 13.8 Å². The quantitative estimate of drug-likeness (QED) is 0.537. The van der Waals surface area contributed by atoms with E-state index in [1.807, 2.05) is 31.2 Å². The number of rotatable bonds is 8. The molecule has 2 aromatic rings. The lowest BCUT2D eigenvalue weighted by molar-refractivity contribution is -0.143. The average Bonchev–Trinajstić information content (AvgIpc) is 3.13. The smallest absolute Gasteiger partial charge is 0.344 e. The lowest BCUT2D eigenvalue weighted by Gasteiger charge is -2.10. The Morgan fingerprint density at radius 2 is 1.82 bits per heavy atom. The monoisotopic (exact) mass is 483 g/mol. The first-order valence-corrected chi connectivity index (χ1v) is 11.2. The number of carbonyl (C=O) groups is 2. The molecule has 178 valence electrons. The van der Waals surface area contributed by atoms with Gasteiger partial charge in [0, 0.05) is 0 Å². The first-order valence-electron chi connectivity index (χ1n) is 10.4. The van der Waals surface area contributed by atoms with Crippen LogP contribution in [0.1, 0.15) is 18.1 Å². The van der Waals surface area contributed by atoms with Crippen LogP contribution in [0, 0.1) is 6.92 Å². The Morgan fingerprint density at radius 3 is 2.47 bits per heavy atom. The van der Waals surface area contributed by atoms with Crippen LogP contribution in [0.25, 0.3) is 6.08 Å². The van der Waals surface area contributed by atoms with Gasteiger partial charge in [-0.15, -0.1) is 0 Å². The number of nitrogens with zero attached hydrogens (tertiary/aromatic N) is 1. The van der Waals surface area contributed by atoms with Crippen LogP contribution in [0.4, 0.5) is 5.69 Å². The minimum absolute atomic E-state index is 0.0173. The number of hydrogen-bond acceptors (Lipinski definition) is 9. The summed E-state index contributed by atoms with van der Waals surface area (Å²) < 4.78 is 20.5. The van der Waals surface area contributed by atoms with Crippen molar-refractivity contribution in [1.82, 2.24) is 0 Å². The molecule has 0 saturated carbocycles. The Morgan fingerprint density at radius 1 is 1.09 bits per heavy atom. The third-order valence-corrected chi connectivity index (χ3v) is 5.71. The van der Waals surface area contributed by atoms with Crippen molar-refractivity contribution in [3.8, 4) is 11.5 Å². The summed E-state index contributed by atoms with van der Waals surface area (Å²) in [6.45, 7) is 3.58. The summed E-state index contributed by atoms with van der Waals surface area (Å²) in [6, 6.07) is 12.6. The van der Waals surface area contributed by atoms with E-state index in [1.165, 1.54) is 14.2 Å². The molecule has 0 bridgehead atoms. The lowest BCUT2D eigenvalue weighted by Crippen LogP contribution is -2.13. The number of methoxy groups -OCH3 is 2. The molecule has 1 N–H and O–H groups in total. The fraction of sp³-hybridized carbons (Fsp3) is 0.240. The summed E-state index contributed by atoms with van der Waals surface area (Å²) in [5.74, 6) is -0.616. The number of hydrogen-bond donors (Lipinski definition) is 1. The Hall–Kier alpha value is -3.72. The number of benzene rings is 2. The molecule has 2 aromatic carbocycles. The van der Waals surface area contributed by atoms with E-state index in [-0.39, 0.29) is 24.5 Å². The fourth-order valence-corrected chi connectivity index (χ4v) is 4.00. The molecule has 0 aliphatic carbocycles. The van der Waals surface area contributed by atoms with Crippen LogP contribution in [-0.2, 0) is 19.1 Å². The highest BCUT2D eigenvalue weighted by molar-refractivity contribution is 8.18. The van der Waals surface area contributed by atoms with Crippen LogP contribution < -0.4 is 9.47 Å². The second kappa shape index (κ2) is 11.4. The number of esters is 2. The van der Waals surface area contributed by atoms with E-state index in [9.17, 15) is 14.7 Å². The van der Waals surface area contributed by atoms with Gasteiger partial charge in [-0.1, -0.05) is 35.5 Å². The number of aryl methyl sites for hydroxylation is 1. The Kier molecular flexibility index (Phi) is 8.37. The van der Waals surface area contributed by atoms with Crippen LogP contribution in [0.15, 0.2) is 63.7 Å². The molecule has 8 nitrogen and oxygen atoms in total. The molecule has 0 amide bonds. The molecular weight excluding hydrogens is 458 g/mol. The minimum Gasteiger partial charge on any atom is -0.506 e. The van der Waals surface area contributed by atoms with Crippen molar-refractivity contribution in [2.24, 2.45) is 4.99 Å². The number of carbonyl (C=O) groups excluding carboxylic acids is 2. The third-order valence-electron chi connectivity index (χ3n) is 4.69. The maximum atomic E-state index is 12.6. The SMILES string of the molecule is CCOC(=O)C1=C(O)/C(=C/c2ccc(OCC(=O)OC)c(OC)c2)SC1=Nc1ccc(C)cc1. The van der Waals surface area contributed by atoms with E-state index in [0.29, 0.717) is 32.7 Å². The molecule has 0 aromatic heterocycles. The lowest BCUT2D eigenvalue weighted by atomic mass is 10.1. The molecule has 1 aliphatic rings. The van der Waals surface area contributed by atoms with Gasteiger partial charge in [-0.05, 0) is 49.8 Å². The van der Waals surface area contributed by atoms with Crippen molar-refractivity contribution in [2.75, 3.05) is 27.4 Å². The molecule has 0 spiro atoms. The van der Waals surface area contributed by atoms with Gasteiger partial charge in [-0.25, -0.2) is 14.6 Å². The number of aliphatic hydroxyl groups excluding tert-OH is 1. The zero-order valence-electron chi connectivity index (χ0n) is 19.3. The largest absolute Gasteiger partial charge is 0.506 e. The van der Waals surface area contributed by atoms with Crippen molar-refractivity contribution in [3.63, 3.8) is 0 Å². The topological polar surface area (TPSA) is 104 Å². The molecule has 34 heavy (non-hydrogen) atoms. The Labute approximate surface area is 201 Å². The van der Waals surface area contributed by atoms with Gasteiger partial charge < -0.3 is 24.1 Å². The van der Waals surface area contributed by atoms with Gasteiger partial charge in [0.2, 0.25) is 0 Å². The molecule has 1 heterocycles. The Balaban J connectivity index is 1.95. The molecule has 3 rings (SSSR count). The predicted octanol–water partition coefficient (Wildman–Crippen LogP) is 4.75. The van der Waals surface area contributed by atoms with Crippen molar-refractivity contribution in [1.29, 1.82) is 0 Å². The highest BCUT2D eigenvalue weighted by atomic mass is 32.2. The Bertz CT molecular complexity index is 1170. The van der Waals surface area contributed by atoms with E-state index < -0.39 is 11.9 Å². The van der Waals surface area contributed by atoms with Crippen LogP contribution in [-0.4, -0.2) is 49.5 Å². The normalized spacial score (nSPS) is 15.5. The maximum absolute atomic E-state index is 12.6. The summed E-state index contributed by atoms with van der Waals surface area (Å²) in [6.07, 6.45) is 1.70. The first-order chi connectivity index (χ1) is 16.4. The first kappa shape index (κ1) is 24.9. The summed E-state index contributed by atoms with van der Waals surface area (Å²) in [7, 11) is 2.75. The van der Waals surface area contributed by atoms with Crippen LogP contribution in [0.2, 0.25) is 0 Å². The van der Waals surface area contributed by atoms with Gasteiger partial charge in [-0.3, -0.25) is 0 Å². The second-order valence-corrected chi connectivity index (χ2v) is 8.11. The summed E-state index contributed by atoms with van der Waals surface area (Å²) in [4.78, 5) is 28.9. The molecule has 9 heteroatoms. The van der Waals surface area contributed by atoms with Crippen LogP contribution in [0.5, 0.6) is 11.5 Å². The van der Waals surface area contributed by atoms with Crippen LogP contribution >= 0.6 is 11.8 Å². The average molecular weight is 484 g/mol. The molecule has 0 fully saturated rings. The minimum atomic E-state index is -0.647. The van der Waals surface area contributed by atoms with Gasteiger partial charge in [0.25, 0.3) is 0 Å².